The molecule has 0 saturated carbocycles. The number of rotatable bonds is 4. The number of ether oxygens (including phenoxy) is 1. The molecule has 0 aromatic heterocycles. The Morgan fingerprint density at radius 3 is 2.18 bits per heavy atom. The van der Waals surface area contributed by atoms with Gasteiger partial charge in [0.2, 0.25) is 0 Å². The van der Waals surface area contributed by atoms with Gasteiger partial charge >= 0.3 is 11.9 Å². The Morgan fingerprint density at radius 1 is 1.24 bits per heavy atom. The Hall–Kier alpha value is -1.55. The maximum absolute atomic E-state index is 11.5. The van der Waals surface area contributed by atoms with E-state index in [1.54, 1.807) is 0 Å². The van der Waals surface area contributed by atoms with Crippen LogP contribution in [0.4, 0.5) is 0 Å². The normalized spacial score (nSPS) is 12.2. The highest BCUT2D eigenvalue weighted by atomic mass is 35.5. The predicted molar refractivity (Wildman–Crippen MR) is 63.5 cm³/mol. The van der Waals surface area contributed by atoms with E-state index in [1.807, 2.05) is 13.8 Å². The molecule has 0 spiro atoms. The quantitative estimate of drug-likeness (QED) is 0.511. The summed E-state index contributed by atoms with van der Waals surface area (Å²) in [5, 5.41) is 7.98. The molecule has 17 heavy (non-hydrogen) atoms. The lowest BCUT2D eigenvalue weighted by Crippen LogP contribution is -2.25. The average molecular weight is 257 g/mol. The molecular formula is C12H13ClO4. The highest BCUT2D eigenvalue weighted by molar-refractivity contribution is 6.30. The molecule has 0 heterocycles. The Labute approximate surface area is 104 Å². The zero-order chi connectivity index (χ0) is 13.0. The number of hydrogen-bond donors (Lipinski definition) is 1. The molecule has 0 saturated heterocycles. The summed E-state index contributed by atoms with van der Waals surface area (Å²) >= 11 is 5.83. The van der Waals surface area contributed by atoms with E-state index in [0.29, 0.717) is 0 Å². The van der Waals surface area contributed by atoms with E-state index in [-0.39, 0.29) is 17.2 Å². The lowest BCUT2D eigenvalue weighted by Gasteiger charge is -2.12. The monoisotopic (exact) mass is 256 g/mol. The average Bonchev–Trinajstić information content (AvgIpc) is 2.28. The van der Waals surface area contributed by atoms with Gasteiger partial charge in [0.1, 0.15) is 11.1 Å². The Kier molecular flexibility index (Phi) is 4.52. The molecular weight excluding hydrogens is 244 g/mol. The van der Waals surface area contributed by atoms with E-state index in [4.69, 9.17) is 21.4 Å². The molecule has 1 atom stereocenters. The molecule has 4 nitrogen and oxygen atoms in total. The van der Waals surface area contributed by atoms with Gasteiger partial charge in [-0.3, -0.25) is 4.79 Å². The van der Waals surface area contributed by atoms with E-state index in [2.05, 4.69) is 0 Å². The molecule has 0 aliphatic heterocycles. The van der Waals surface area contributed by atoms with Crippen molar-refractivity contribution in [1.82, 2.24) is 0 Å². The molecule has 1 aromatic rings. The number of benzene rings is 1. The Bertz CT molecular complexity index is 411. The third-order valence-corrected chi connectivity index (χ3v) is 2.81. The Balaban J connectivity index is 2.70. The van der Waals surface area contributed by atoms with Gasteiger partial charge < -0.3 is 9.84 Å². The number of aromatic carboxylic acids is 1. The van der Waals surface area contributed by atoms with Crippen molar-refractivity contribution in [2.45, 2.75) is 19.2 Å². The maximum atomic E-state index is 11.5. The van der Waals surface area contributed by atoms with Crippen LogP contribution in [0.25, 0.3) is 0 Å². The van der Waals surface area contributed by atoms with Crippen molar-refractivity contribution < 1.29 is 19.4 Å². The van der Waals surface area contributed by atoms with Crippen LogP contribution < -0.4 is 4.74 Å². The first-order valence-electron chi connectivity index (χ1n) is 5.11. The summed E-state index contributed by atoms with van der Waals surface area (Å²) < 4.78 is 5.01. The first-order valence-corrected chi connectivity index (χ1v) is 5.54. The van der Waals surface area contributed by atoms with Crippen LogP contribution in [0, 0.1) is 5.92 Å². The van der Waals surface area contributed by atoms with Crippen molar-refractivity contribution in [3.63, 3.8) is 0 Å². The second-order valence-corrected chi connectivity index (χ2v) is 4.37. The zero-order valence-electron chi connectivity index (χ0n) is 9.51. The maximum Gasteiger partial charge on any atom is 0.335 e. The molecule has 0 bridgehead atoms. The first kappa shape index (κ1) is 13.5. The molecule has 0 unspecified atom stereocenters. The fourth-order valence-corrected chi connectivity index (χ4v) is 1.15. The molecule has 1 aromatic carbocycles. The molecule has 1 N–H and O–H groups in total. The van der Waals surface area contributed by atoms with Gasteiger partial charge in [-0.1, -0.05) is 13.8 Å². The van der Waals surface area contributed by atoms with Crippen molar-refractivity contribution in [2.75, 3.05) is 0 Å². The van der Waals surface area contributed by atoms with Gasteiger partial charge in [-0.05, 0) is 30.2 Å². The minimum absolute atomic E-state index is 0.0255. The summed E-state index contributed by atoms with van der Waals surface area (Å²) in [6.07, 6.45) is 0. The fourth-order valence-electron chi connectivity index (χ4n) is 1.11. The van der Waals surface area contributed by atoms with Crippen molar-refractivity contribution >= 4 is 23.5 Å². The smallest absolute Gasteiger partial charge is 0.335 e. The van der Waals surface area contributed by atoms with Gasteiger partial charge in [-0.25, -0.2) is 4.79 Å². The molecule has 0 amide bonds. The number of hydrogen-bond acceptors (Lipinski definition) is 3. The number of alkyl halides is 1. The van der Waals surface area contributed by atoms with Crippen molar-refractivity contribution in [2.24, 2.45) is 5.92 Å². The largest absolute Gasteiger partial charge is 0.478 e. The number of carboxylic acid groups (broad SMARTS) is 1. The van der Waals surface area contributed by atoms with E-state index in [1.165, 1.54) is 24.3 Å². The molecule has 5 heteroatoms. The Morgan fingerprint density at radius 2 is 1.76 bits per heavy atom. The van der Waals surface area contributed by atoms with Gasteiger partial charge in [0.25, 0.3) is 0 Å². The van der Waals surface area contributed by atoms with E-state index >= 15 is 0 Å². The van der Waals surface area contributed by atoms with E-state index in [9.17, 15) is 9.59 Å². The van der Waals surface area contributed by atoms with Crippen LogP contribution in [0.5, 0.6) is 5.75 Å². The first-order chi connectivity index (χ1) is 7.91. The van der Waals surface area contributed by atoms with Crippen LogP contribution in [0.2, 0.25) is 0 Å². The van der Waals surface area contributed by atoms with Crippen LogP contribution in [-0.2, 0) is 4.79 Å². The minimum Gasteiger partial charge on any atom is -0.478 e. The summed E-state index contributed by atoms with van der Waals surface area (Å²) in [4.78, 5) is 22.1. The lowest BCUT2D eigenvalue weighted by atomic mass is 10.1. The predicted octanol–water partition coefficient (Wildman–Crippen LogP) is 2.55. The standard InChI is InChI=1S/C12H13ClO4/c1-7(2)10(13)12(16)17-9-5-3-8(4-6-9)11(14)15/h3-7,10H,1-2H3,(H,14,15)/t10-/m0/s1. The van der Waals surface area contributed by atoms with Gasteiger partial charge in [-0.15, -0.1) is 11.6 Å². The van der Waals surface area contributed by atoms with Crippen LogP contribution in [0.3, 0.4) is 0 Å². The third kappa shape index (κ3) is 3.75. The highest BCUT2D eigenvalue weighted by Gasteiger charge is 2.21. The summed E-state index contributed by atoms with van der Waals surface area (Å²) in [5.74, 6) is -1.31. The topological polar surface area (TPSA) is 63.6 Å². The van der Waals surface area contributed by atoms with Crippen LogP contribution in [0.15, 0.2) is 24.3 Å². The molecule has 0 radical (unpaired) electrons. The summed E-state index contributed by atoms with van der Waals surface area (Å²) in [7, 11) is 0. The van der Waals surface area contributed by atoms with Gasteiger partial charge in [-0.2, -0.15) is 0 Å². The van der Waals surface area contributed by atoms with Gasteiger partial charge in [0.05, 0.1) is 5.56 Å². The number of carboxylic acids is 1. The van der Waals surface area contributed by atoms with Gasteiger partial charge in [0.15, 0.2) is 0 Å². The summed E-state index contributed by atoms with van der Waals surface area (Å²) in [5.41, 5.74) is 0.135. The van der Waals surface area contributed by atoms with E-state index < -0.39 is 17.3 Å². The zero-order valence-corrected chi connectivity index (χ0v) is 10.3. The SMILES string of the molecule is CC(C)[C@H](Cl)C(=O)Oc1ccc(C(=O)O)cc1. The number of halogens is 1. The van der Waals surface area contributed by atoms with Crippen molar-refractivity contribution in [3.05, 3.63) is 29.8 Å². The van der Waals surface area contributed by atoms with Crippen LogP contribution >= 0.6 is 11.6 Å². The number of carbonyl (C=O) groups is 2. The van der Waals surface area contributed by atoms with Gasteiger partial charge in [0, 0.05) is 0 Å². The third-order valence-electron chi connectivity index (χ3n) is 2.13. The molecule has 0 fully saturated rings. The number of carbonyl (C=O) groups excluding carboxylic acids is 1. The number of esters is 1. The second kappa shape index (κ2) is 5.68. The van der Waals surface area contributed by atoms with Crippen LogP contribution in [-0.4, -0.2) is 22.4 Å². The van der Waals surface area contributed by atoms with Crippen LogP contribution in [0.1, 0.15) is 24.2 Å². The molecule has 0 aliphatic rings. The molecule has 0 aliphatic carbocycles. The fraction of sp³-hybridized carbons (Fsp3) is 0.333. The summed E-state index contributed by atoms with van der Waals surface area (Å²) in [6, 6.07) is 5.57. The molecule has 92 valence electrons. The highest BCUT2D eigenvalue weighted by Crippen LogP contribution is 2.16. The lowest BCUT2D eigenvalue weighted by molar-refractivity contribution is -0.134. The van der Waals surface area contributed by atoms with E-state index in [0.717, 1.165) is 0 Å². The summed E-state index contributed by atoms with van der Waals surface area (Å²) in [6.45, 7) is 3.62. The second-order valence-electron chi connectivity index (χ2n) is 3.90. The minimum atomic E-state index is -1.03. The molecule has 1 rings (SSSR count). The van der Waals surface area contributed by atoms with Crippen molar-refractivity contribution in [1.29, 1.82) is 0 Å². The van der Waals surface area contributed by atoms with Crippen molar-refractivity contribution in [3.8, 4) is 5.75 Å².